The number of hydrogen-bond donors (Lipinski definition) is 0. The zero-order valence-electron chi connectivity index (χ0n) is 14.8. The van der Waals surface area contributed by atoms with E-state index in [9.17, 15) is 4.39 Å². The maximum Gasteiger partial charge on any atom is 0.128 e. The molecule has 0 radical (unpaired) electrons. The van der Waals surface area contributed by atoms with Crippen LogP contribution in [0.5, 0.6) is 0 Å². The van der Waals surface area contributed by atoms with Crippen LogP contribution < -0.4 is 0 Å². The normalized spacial score (nSPS) is 11.5. The molecular weight excluding hydrogens is 355 g/mol. The second kappa shape index (κ2) is 6.32. The van der Waals surface area contributed by atoms with Crippen molar-refractivity contribution in [3.05, 3.63) is 89.9 Å². The Morgan fingerprint density at radius 2 is 1.67 bits per heavy atom. The summed E-state index contributed by atoms with van der Waals surface area (Å²) in [7, 11) is 0. The first-order valence-electron chi connectivity index (χ1n) is 8.89. The molecule has 2 nitrogen and oxygen atoms in total. The lowest BCUT2D eigenvalue weighted by Crippen LogP contribution is -2.03. The molecule has 5 rings (SSSR count). The monoisotopic (exact) mass is 372 g/mol. The molecule has 3 aromatic carbocycles. The van der Waals surface area contributed by atoms with Crippen molar-refractivity contribution in [2.24, 2.45) is 0 Å². The van der Waals surface area contributed by atoms with Crippen molar-refractivity contribution in [3.8, 4) is 10.6 Å². The van der Waals surface area contributed by atoms with E-state index in [1.54, 1.807) is 17.4 Å². The van der Waals surface area contributed by atoms with Crippen LogP contribution in [-0.4, -0.2) is 9.55 Å². The van der Waals surface area contributed by atoms with Crippen LogP contribution in [0.25, 0.3) is 31.7 Å². The van der Waals surface area contributed by atoms with E-state index in [1.165, 1.54) is 10.8 Å². The van der Waals surface area contributed by atoms with Crippen LogP contribution in [0, 0.1) is 12.7 Å². The molecule has 132 valence electrons. The van der Waals surface area contributed by atoms with E-state index < -0.39 is 0 Å². The summed E-state index contributed by atoms with van der Waals surface area (Å²) in [5, 5.41) is 2.17. The van der Waals surface area contributed by atoms with Gasteiger partial charge in [0.2, 0.25) is 0 Å². The van der Waals surface area contributed by atoms with Gasteiger partial charge in [-0.15, -0.1) is 11.3 Å². The summed E-state index contributed by atoms with van der Waals surface area (Å²) in [6.07, 6.45) is 0. The Bertz CT molecular complexity index is 1250. The molecule has 2 aromatic heterocycles. The number of aromatic nitrogens is 2. The molecule has 0 aliphatic rings. The smallest absolute Gasteiger partial charge is 0.128 e. The highest BCUT2D eigenvalue weighted by Gasteiger charge is 2.19. The van der Waals surface area contributed by atoms with Crippen LogP contribution in [0.1, 0.15) is 11.3 Å². The van der Waals surface area contributed by atoms with Gasteiger partial charge in [-0.05, 0) is 31.2 Å². The maximum absolute atomic E-state index is 14.3. The molecular formula is C23H17FN2S. The lowest BCUT2D eigenvalue weighted by atomic mass is 10.1. The SMILES string of the molecule is Cc1c(-c2nc3ccccc3s2)c2ccccc2n1Cc1ccccc1F. The van der Waals surface area contributed by atoms with E-state index in [4.69, 9.17) is 4.98 Å². The number of thiazole rings is 1. The molecule has 4 heteroatoms. The fourth-order valence-electron chi connectivity index (χ4n) is 3.68. The van der Waals surface area contributed by atoms with Gasteiger partial charge in [0.25, 0.3) is 0 Å². The molecule has 0 N–H and O–H groups in total. The van der Waals surface area contributed by atoms with Gasteiger partial charge >= 0.3 is 0 Å². The molecule has 0 fully saturated rings. The van der Waals surface area contributed by atoms with E-state index in [1.807, 2.05) is 42.5 Å². The molecule has 2 heterocycles. The molecule has 5 aromatic rings. The van der Waals surface area contributed by atoms with Gasteiger partial charge in [-0.2, -0.15) is 0 Å². The minimum absolute atomic E-state index is 0.170. The van der Waals surface area contributed by atoms with Gasteiger partial charge < -0.3 is 4.57 Å². The summed E-state index contributed by atoms with van der Waals surface area (Å²) in [4.78, 5) is 4.86. The van der Waals surface area contributed by atoms with Gasteiger partial charge in [0, 0.05) is 27.7 Å². The van der Waals surface area contributed by atoms with Crippen molar-refractivity contribution in [2.45, 2.75) is 13.5 Å². The van der Waals surface area contributed by atoms with E-state index >= 15 is 0 Å². The van der Waals surface area contributed by atoms with E-state index in [-0.39, 0.29) is 5.82 Å². The minimum Gasteiger partial charge on any atom is -0.340 e. The summed E-state index contributed by atoms with van der Waals surface area (Å²) >= 11 is 1.70. The Morgan fingerprint density at radius 1 is 0.926 bits per heavy atom. The molecule has 0 unspecified atom stereocenters. The molecule has 0 saturated carbocycles. The molecule has 0 aliphatic carbocycles. The highest BCUT2D eigenvalue weighted by molar-refractivity contribution is 7.21. The van der Waals surface area contributed by atoms with Crippen molar-refractivity contribution in [1.82, 2.24) is 9.55 Å². The molecule has 0 spiro atoms. The average Bonchev–Trinajstić information content (AvgIpc) is 3.22. The van der Waals surface area contributed by atoms with E-state index in [2.05, 4.69) is 29.7 Å². The zero-order valence-corrected chi connectivity index (χ0v) is 15.6. The minimum atomic E-state index is -0.170. The molecule has 0 bridgehead atoms. The van der Waals surface area contributed by atoms with Gasteiger partial charge in [0.1, 0.15) is 10.8 Å². The Labute approximate surface area is 160 Å². The lowest BCUT2D eigenvalue weighted by molar-refractivity contribution is 0.600. The van der Waals surface area contributed by atoms with Crippen molar-refractivity contribution in [1.29, 1.82) is 0 Å². The molecule has 0 atom stereocenters. The van der Waals surface area contributed by atoms with Crippen LogP contribution in [0.3, 0.4) is 0 Å². The lowest BCUT2D eigenvalue weighted by Gasteiger charge is -2.09. The molecule has 0 amide bonds. The maximum atomic E-state index is 14.3. The van der Waals surface area contributed by atoms with Gasteiger partial charge in [-0.3, -0.25) is 0 Å². The van der Waals surface area contributed by atoms with Gasteiger partial charge in [-0.1, -0.05) is 48.5 Å². The van der Waals surface area contributed by atoms with Crippen LogP contribution in [0.4, 0.5) is 4.39 Å². The fraction of sp³-hybridized carbons (Fsp3) is 0.0870. The summed E-state index contributed by atoms with van der Waals surface area (Å²) in [5.74, 6) is -0.170. The highest BCUT2D eigenvalue weighted by atomic mass is 32.1. The summed E-state index contributed by atoms with van der Waals surface area (Å²) in [6, 6.07) is 23.5. The number of hydrogen-bond acceptors (Lipinski definition) is 2. The first kappa shape index (κ1) is 16.2. The van der Waals surface area contributed by atoms with Crippen LogP contribution in [0.2, 0.25) is 0 Å². The predicted molar refractivity (Wildman–Crippen MR) is 111 cm³/mol. The van der Waals surface area contributed by atoms with Crippen LogP contribution in [-0.2, 0) is 6.54 Å². The van der Waals surface area contributed by atoms with Crippen molar-refractivity contribution >= 4 is 32.5 Å². The summed E-state index contributed by atoms with van der Waals surface area (Å²) in [6.45, 7) is 2.60. The number of fused-ring (bicyclic) bond motifs is 2. The second-order valence-electron chi connectivity index (χ2n) is 6.64. The highest BCUT2D eigenvalue weighted by Crippen LogP contribution is 2.38. The predicted octanol–water partition coefficient (Wildman–Crippen LogP) is 6.41. The van der Waals surface area contributed by atoms with Crippen molar-refractivity contribution < 1.29 is 4.39 Å². The number of benzene rings is 3. The Morgan fingerprint density at radius 3 is 2.52 bits per heavy atom. The number of halogens is 1. The Balaban J connectivity index is 1.74. The van der Waals surface area contributed by atoms with E-state index in [0.29, 0.717) is 12.1 Å². The average molecular weight is 372 g/mol. The quantitative estimate of drug-likeness (QED) is 0.358. The standard InChI is InChI=1S/C23H17FN2S/c1-15-22(23-25-19-11-5-7-13-21(19)27-23)17-9-3-6-12-20(17)26(15)14-16-8-2-4-10-18(16)24/h2-13H,14H2,1H3. The first-order chi connectivity index (χ1) is 13.2. The third-order valence-electron chi connectivity index (χ3n) is 5.02. The second-order valence-corrected chi connectivity index (χ2v) is 7.67. The number of nitrogens with zero attached hydrogens (tertiary/aromatic N) is 2. The fourth-order valence-corrected chi connectivity index (χ4v) is 4.76. The van der Waals surface area contributed by atoms with Gasteiger partial charge in [-0.25, -0.2) is 9.37 Å². The van der Waals surface area contributed by atoms with Gasteiger partial charge in [0.15, 0.2) is 0 Å². The molecule has 27 heavy (non-hydrogen) atoms. The first-order valence-corrected chi connectivity index (χ1v) is 9.71. The zero-order chi connectivity index (χ0) is 18.4. The topological polar surface area (TPSA) is 17.8 Å². The molecule has 0 aliphatic heterocycles. The summed E-state index contributed by atoms with van der Waals surface area (Å²) in [5.41, 5.74) is 5.06. The van der Waals surface area contributed by atoms with Crippen LogP contribution in [0.15, 0.2) is 72.8 Å². The van der Waals surface area contributed by atoms with E-state index in [0.717, 1.165) is 32.7 Å². The van der Waals surface area contributed by atoms with Crippen LogP contribution >= 0.6 is 11.3 Å². The number of rotatable bonds is 3. The third-order valence-corrected chi connectivity index (χ3v) is 6.08. The third kappa shape index (κ3) is 2.64. The number of para-hydroxylation sites is 2. The largest absolute Gasteiger partial charge is 0.340 e. The van der Waals surface area contributed by atoms with Crippen molar-refractivity contribution in [3.63, 3.8) is 0 Å². The van der Waals surface area contributed by atoms with Crippen molar-refractivity contribution in [2.75, 3.05) is 0 Å². The Hall–Kier alpha value is -2.98. The Kier molecular flexibility index (Phi) is 3.80. The van der Waals surface area contributed by atoms with Gasteiger partial charge in [0.05, 0.1) is 16.8 Å². The summed E-state index contributed by atoms with van der Waals surface area (Å²) < 4.78 is 17.6. The molecule has 0 saturated heterocycles.